The number of nitrogens with one attached hydrogen (secondary N) is 1. The van der Waals surface area contributed by atoms with Crippen molar-refractivity contribution in [1.82, 2.24) is 14.8 Å². The predicted molar refractivity (Wildman–Crippen MR) is 114 cm³/mol. The Morgan fingerprint density at radius 3 is 2.47 bits per heavy atom. The summed E-state index contributed by atoms with van der Waals surface area (Å²) in [6, 6.07) is 18.8. The van der Waals surface area contributed by atoms with E-state index in [-0.39, 0.29) is 17.9 Å². The molecule has 2 atom stereocenters. The molecule has 3 heterocycles. The number of aromatic amines is 1. The first-order valence-corrected chi connectivity index (χ1v) is 10.6. The van der Waals surface area contributed by atoms with Crippen LogP contribution in [-0.2, 0) is 4.79 Å². The number of amides is 2. The van der Waals surface area contributed by atoms with Crippen LogP contribution in [0.1, 0.15) is 29.8 Å². The van der Waals surface area contributed by atoms with Gasteiger partial charge in [0.05, 0.1) is 6.54 Å². The van der Waals surface area contributed by atoms with Crippen molar-refractivity contribution >= 4 is 22.7 Å². The number of carbonyl (C=O) groups is 2. The van der Waals surface area contributed by atoms with Crippen LogP contribution in [0, 0.1) is 0 Å². The molecule has 2 aromatic carbocycles. The van der Waals surface area contributed by atoms with Gasteiger partial charge in [-0.3, -0.25) is 9.59 Å². The molecule has 0 unspecified atom stereocenters. The first-order chi connectivity index (χ1) is 14.7. The highest BCUT2D eigenvalue weighted by Crippen LogP contribution is 2.28. The predicted octanol–water partition coefficient (Wildman–Crippen LogP) is 3.45. The quantitative estimate of drug-likeness (QED) is 0.726. The van der Waals surface area contributed by atoms with Crippen molar-refractivity contribution in [2.24, 2.45) is 0 Å². The van der Waals surface area contributed by atoms with Crippen molar-refractivity contribution in [3.8, 4) is 5.75 Å². The van der Waals surface area contributed by atoms with Gasteiger partial charge in [0.1, 0.15) is 23.6 Å². The third-order valence-electron chi connectivity index (χ3n) is 6.03. The SMILES string of the molecule is O=C([C@@H]1C[C@H](Oc2ccccc2)CN1C(=O)c1cc2ccccc2[nH]1)N1CCCC1. The molecule has 154 valence electrons. The molecule has 0 radical (unpaired) electrons. The number of nitrogens with zero attached hydrogens (tertiary/aromatic N) is 2. The van der Waals surface area contributed by atoms with E-state index in [0.717, 1.165) is 42.6 Å². The number of aromatic nitrogens is 1. The number of para-hydroxylation sites is 2. The number of fused-ring (bicyclic) bond motifs is 1. The van der Waals surface area contributed by atoms with Crippen LogP contribution < -0.4 is 4.74 Å². The van der Waals surface area contributed by atoms with E-state index in [0.29, 0.717) is 18.7 Å². The van der Waals surface area contributed by atoms with Crippen LogP contribution in [-0.4, -0.2) is 58.4 Å². The lowest BCUT2D eigenvalue weighted by Crippen LogP contribution is -2.47. The maximum atomic E-state index is 13.4. The number of carbonyl (C=O) groups excluding carboxylic acids is 2. The summed E-state index contributed by atoms with van der Waals surface area (Å²) in [5.74, 6) is 0.647. The van der Waals surface area contributed by atoms with Crippen molar-refractivity contribution in [1.29, 1.82) is 0 Å². The lowest BCUT2D eigenvalue weighted by atomic mass is 10.1. The zero-order chi connectivity index (χ0) is 20.5. The molecule has 2 aliphatic rings. The Morgan fingerprint density at radius 1 is 0.967 bits per heavy atom. The second kappa shape index (κ2) is 7.86. The number of hydrogen-bond donors (Lipinski definition) is 1. The van der Waals surface area contributed by atoms with Gasteiger partial charge in [-0.15, -0.1) is 0 Å². The first kappa shape index (κ1) is 18.7. The lowest BCUT2D eigenvalue weighted by molar-refractivity contribution is -0.134. The van der Waals surface area contributed by atoms with E-state index in [2.05, 4.69) is 4.98 Å². The summed E-state index contributed by atoms with van der Waals surface area (Å²) in [5, 5.41) is 0.986. The van der Waals surface area contributed by atoms with E-state index < -0.39 is 6.04 Å². The minimum absolute atomic E-state index is 0.0381. The lowest BCUT2D eigenvalue weighted by Gasteiger charge is -2.27. The molecule has 6 heteroatoms. The molecule has 2 fully saturated rings. The first-order valence-electron chi connectivity index (χ1n) is 10.6. The molecule has 0 bridgehead atoms. The molecule has 0 spiro atoms. The zero-order valence-corrected chi connectivity index (χ0v) is 16.8. The van der Waals surface area contributed by atoms with Gasteiger partial charge in [-0.1, -0.05) is 36.4 Å². The number of rotatable bonds is 4. The van der Waals surface area contributed by atoms with Gasteiger partial charge in [0.2, 0.25) is 5.91 Å². The Morgan fingerprint density at radius 2 is 1.70 bits per heavy atom. The average Bonchev–Trinajstić information content (AvgIpc) is 3.52. The van der Waals surface area contributed by atoms with Crippen molar-refractivity contribution in [2.75, 3.05) is 19.6 Å². The maximum Gasteiger partial charge on any atom is 0.271 e. The minimum Gasteiger partial charge on any atom is -0.488 e. The fourth-order valence-corrected chi connectivity index (χ4v) is 4.52. The number of H-pyrrole nitrogens is 1. The molecular formula is C24H25N3O3. The summed E-state index contributed by atoms with van der Waals surface area (Å²) in [4.78, 5) is 33.4. The third kappa shape index (κ3) is 3.54. The third-order valence-corrected chi connectivity index (χ3v) is 6.03. The van der Waals surface area contributed by atoms with Gasteiger partial charge in [0.25, 0.3) is 5.91 Å². The van der Waals surface area contributed by atoms with Gasteiger partial charge in [-0.25, -0.2) is 0 Å². The Labute approximate surface area is 175 Å². The number of benzene rings is 2. The highest BCUT2D eigenvalue weighted by molar-refractivity contribution is 6.00. The molecule has 1 aromatic heterocycles. The summed E-state index contributed by atoms with van der Waals surface area (Å²) in [6.45, 7) is 1.94. The fraction of sp³-hybridized carbons (Fsp3) is 0.333. The molecule has 2 aliphatic heterocycles. The highest BCUT2D eigenvalue weighted by atomic mass is 16.5. The molecular weight excluding hydrogens is 378 g/mol. The van der Waals surface area contributed by atoms with Gasteiger partial charge in [0.15, 0.2) is 0 Å². The van der Waals surface area contributed by atoms with Gasteiger partial charge in [0, 0.05) is 30.4 Å². The molecule has 2 saturated heterocycles. The summed E-state index contributed by atoms with van der Waals surface area (Å²) < 4.78 is 6.12. The smallest absolute Gasteiger partial charge is 0.271 e. The number of likely N-dealkylation sites (tertiary alicyclic amines) is 2. The van der Waals surface area contributed by atoms with Crippen molar-refractivity contribution in [3.63, 3.8) is 0 Å². The largest absolute Gasteiger partial charge is 0.488 e. The minimum atomic E-state index is -0.490. The van der Waals surface area contributed by atoms with Crippen molar-refractivity contribution in [3.05, 3.63) is 66.4 Å². The maximum absolute atomic E-state index is 13.4. The summed E-state index contributed by atoms with van der Waals surface area (Å²) in [6.07, 6.45) is 2.35. The van der Waals surface area contributed by atoms with Crippen LogP contribution in [0.5, 0.6) is 5.75 Å². The molecule has 6 nitrogen and oxygen atoms in total. The van der Waals surface area contributed by atoms with Crippen LogP contribution in [0.4, 0.5) is 0 Å². The van der Waals surface area contributed by atoms with E-state index in [1.165, 1.54) is 0 Å². The molecule has 0 saturated carbocycles. The van der Waals surface area contributed by atoms with E-state index in [9.17, 15) is 9.59 Å². The van der Waals surface area contributed by atoms with Gasteiger partial charge >= 0.3 is 0 Å². The molecule has 3 aromatic rings. The number of ether oxygens (including phenoxy) is 1. The highest BCUT2D eigenvalue weighted by Gasteiger charge is 2.43. The van der Waals surface area contributed by atoms with E-state index in [1.54, 1.807) is 4.90 Å². The van der Waals surface area contributed by atoms with E-state index in [4.69, 9.17) is 4.74 Å². The second-order valence-electron chi connectivity index (χ2n) is 8.06. The monoisotopic (exact) mass is 403 g/mol. The van der Waals surface area contributed by atoms with E-state index in [1.807, 2.05) is 65.6 Å². The molecule has 0 aliphatic carbocycles. The van der Waals surface area contributed by atoms with Crippen LogP contribution in [0.15, 0.2) is 60.7 Å². The number of hydrogen-bond acceptors (Lipinski definition) is 3. The van der Waals surface area contributed by atoms with Gasteiger partial charge in [-0.05, 0) is 37.1 Å². The Balaban J connectivity index is 1.41. The Bertz CT molecular complexity index is 1020. The van der Waals surface area contributed by atoms with Crippen LogP contribution in [0.25, 0.3) is 10.9 Å². The fourth-order valence-electron chi connectivity index (χ4n) is 4.52. The summed E-state index contributed by atoms with van der Waals surface area (Å²) in [7, 11) is 0. The van der Waals surface area contributed by atoms with Gasteiger partial charge in [-0.2, -0.15) is 0 Å². The standard InChI is InChI=1S/C24H25N3O3/c28-23(21-14-17-8-4-5-11-20(17)25-21)27-16-19(30-18-9-2-1-3-10-18)15-22(27)24(29)26-12-6-7-13-26/h1-5,8-11,14,19,22,25H,6-7,12-13,15-16H2/t19-,22-/m0/s1. The normalized spacial score (nSPS) is 21.3. The van der Waals surface area contributed by atoms with Crippen molar-refractivity contribution < 1.29 is 14.3 Å². The second-order valence-corrected chi connectivity index (χ2v) is 8.06. The Hall–Kier alpha value is -3.28. The van der Waals surface area contributed by atoms with Gasteiger partial charge < -0.3 is 19.5 Å². The average molecular weight is 403 g/mol. The Kier molecular flexibility index (Phi) is 4.91. The van der Waals surface area contributed by atoms with Crippen LogP contribution >= 0.6 is 0 Å². The summed E-state index contributed by atoms with van der Waals surface area (Å²) in [5.41, 5.74) is 1.43. The summed E-state index contributed by atoms with van der Waals surface area (Å²) >= 11 is 0. The van der Waals surface area contributed by atoms with E-state index >= 15 is 0 Å². The molecule has 5 rings (SSSR count). The van der Waals surface area contributed by atoms with Crippen LogP contribution in [0.3, 0.4) is 0 Å². The topological polar surface area (TPSA) is 65.6 Å². The zero-order valence-electron chi connectivity index (χ0n) is 16.8. The van der Waals surface area contributed by atoms with Crippen LogP contribution in [0.2, 0.25) is 0 Å². The molecule has 2 amide bonds. The molecule has 30 heavy (non-hydrogen) atoms. The van der Waals surface area contributed by atoms with Crippen molar-refractivity contribution in [2.45, 2.75) is 31.4 Å². The molecule has 1 N–H and O–H groups in total.